The zero-order valence-corrected chi connectivity index (χ0v) is 17.9. The molecule has 0 spiro atoms. The van der Waals surface area contributed by atoms with Gasteiger partial charge in [-0.05, 0) is 47.9 Å². The maximum absolute atomic E-state index is 13.4. The average molecular weight is 437 g/mol. The molecule has 32 heavy (non-hydrogen) atoms. The molecule has 1 N–H and O–H groups in total. The Bertz CT molecular complexity index is 1020. The topological polar surface area (TPSA) is 49.4 Å². The van der Waals surface area contributed by atoms with Gasteiger partial charge in [0.1, 0.15) is 17.7 Å². The second-order valence-electron chi connectivity index (χ2n) is 7.55. The van der Waals surface area contributed by atoms with Crippen molar-refractivity contribution in [1.82, 2.24) is 10.2 Å². The quantitative estimate of drug-likeness (QED) is 0.544. The van der Waals surface area contributed by atoms with Crippen LogP contribution in [0.15, 0.2) is 78.9 Å². The summed E-state index contributed by atoms with van der Waals surface area (Å²) in [5, 5.41) is 2.83. The van der Waals surface area contributed by atoms with Crippen LogP contribution in [0.2, 0.25) is 0 Å². The molecule has 6 heteroatoms. The molecular formula is C26H26F2N2O2. The Hall–Kier alpha value is -3.54. The minimum absolute atomic E-state index is 0.0200. The van der Waals surface area contributed by atoms with Gasteiger partial charge in [-0.3, -0.25) is 9.59 Å². The average Bonchev–Trinajstić information content (AvgIpc) is 2.79. The normalized spacial score (nSPS) is 11.6. The fourth-order valence-corrected chi connectivity index (χ4v) is 3.51. The van der Waals surface area contributed by atoms with Gasteiger partial charge >= 0.3 is 0 Å². The Kier molecular flexibility index (Phi) is 8.08. The lowest BCUT2D eigenvalue weighted by molar-refractivity contribution is -0.140. The molecule has 0 aliphatic heterocycles. The fourth-order valence-electron chi connectivity index (χ4n) is 3.51. The van der Waals surface area contributed by atoms with Gasteiger partial charge in [-0.1, -0.05) is 54.6 Å². The van der Waals surface area contributed by atoms with Crippen molar-refractivity contribution in [3.8, 4) is 0 Å². The molecule has 0 saturated heterocycles. The van der Waals surface area contributed by atoms with Crippen molar-refractivity contribution in [2.24, 2.45) is 0 Å². The van der Waals surface area contributed by atoms with Gasteiger partial charge in [0.15, 0.2) is 0 Å². The number of likely N-dealkylation sites (N-methyl/N-ethyl adjacent to an activating group) is 1. The molecule has 0 fully saturated rings. The van der Waals surface area contributed by atoms with Crippen molar-refractivity contribution in [2.45, 2.75) is 32.4 Å². The van der Waals surface area contributed by atoms with Crippen molar-refractivity contribution in [3.05, 3.63) is 107 Å². The Labute approximate surface area is 186 Å². The highest BCUT2D eigenvalue weighted by molar-refractivity contribution is 5.88. The van der Waals surface area contributed by atoms with Gasteiger partial charge in [0, 0.05) is 19.5 Å². The van der Waals surface area contributed by atoms with E-state index in [1.54, 1.807) is 24.3 Å². The second-order valence-corrected chi connectivity index (χ2v) is 7.55. The molecule has 0 aliphatic rings. The third-order valence-electron chi connectivity index (χ3n) is 5.16. The summed E-state index contributed by atoms with van der Waals surface area (Å²) >= 11 is 0. The molecule has 0 saturated carbocycles. The number of hydrogen-bond donors (Lipinski definition) is 1. The number of carbonyl (C=O) groups excluding carboxylic acids is 2. The van der Waals surface area contributed by atoms with E-state index in [2.05, 4.69) is 5.32 Å². The molecule has 2 amide bonds. The maximum Gasteiger partial charge on any atom is 0.243 e. The minimum atomic E-state index is -0.754. The van der Waals surface area contributed by atoms with Crippen molar-refractivity contribution in [2.75, 3.05) is 6.54 Å². The summed E-state index contributed by atoms with van der Waals surface area (Å²) in [4.78, 5) is 27.9. The molecule has 166 valence electrons. The van der Waals surface area contributed by atoms with E-state index >= 15 is 0 Å². The van der Waals surface area contributed by atoms with Crippen LogP contribution in [-0.2, 0) is 29.0 Å². The van der Waals surface area contributed by atoms with Gasteiger partial charge in [-0.2, -0.15) is 0 Å². The predicted molar refractivity (Wildman–Crippen MR) is 120 cm³/mol. The number of carbonyl (C=O) groups is 2. The number of nitrogens with one attached hydrogen (secondary N) is 1. The van der Waals surface area contributed by atoms with Gasteiger partial charge in [-0.15, -0.1) is 0 Å². The zero-order chi connectivity index (χ0) is 22.9. The van der Waals surface area contributed by atoms with Gasteiger partial charge < -0.3 is 10.2 Å². The van der Waals surface area contributed by atoms with Crippen molar-refractivity contribution in [3.63, 3.8) is 0 Å². The lowest BCUT2D eigenvalue weighted by atomic mass is 10.0. The van der Waals surface area contributed by atoms with Crippen LogP contribution in [0.5, 0.6) is 0 Å². The molecule has 3 aromatic carbocycles. The number of halogens is 2. The molecule has 4 nitrogen and oxygen atoms in total. The standard InChI is InChI=1S/C26H26F2N2O2/c1-2-29-26(32)24(16-19-6-4-3-5-7-19)30(18-21-10-14-23(28)15-11-21)25(31)17-20-8-12-22(27)13-9-20/h3-15,24H,2,16-18H2,1H3,(H,29,32)/t24-/m0/s1. The molecule has 0 aromatic heterocycles. The monoisotopic (exact) mass is 436 g/mol. The number of hydrogen-bond acceptors (Lipinski definition) is 2. The van der Waals surface area contributed by atoms with Crippen molar-refractivity contribution in [1.29, 1.82) is 0 Å². The summed E-state index contributed by atoms with van der Waals surface area (Å²) < 4.78 is 26.7. The predicted octanol–water partition coefficient (Wildman–Crippen LogP) is 4.28. The maximum atomic E-state index is 13.4. The lowest BCUT2D eigenvalue weighted by Crippen LogP contribution is -2.50. The van der Waals surface area contributed by atoms with Gasteiger partial charge in [-0.25, -0.2) is 8.78 Å². The van der Waals surface area contributed by atoms with E-state index in [0.29, 0.717) is 24.1 Å². The number of nitrogens with zero attached hydrogens (tertiary/aromatic N) is 1. The van der Waals surface area contributed by atoms with Crippen LogP contribution >= 0.6 is 0 Å². The van der Waals surface area contributed by atoms with Crippen molar-refractivity contribution >= 4 is 11.8 Å². The van der Waals surface area contributed by atoms with Gasteiger partial charge in [0.25, 0.3) is 0 Å². The highest BCUT2D eigenvalue weighted by Crippen LogP contribution is 2.17. The minimum Gasteiger partial charge on any atom is -0.355 e. The van der Waals surface area contributed by atoms with Gasteiger partial charge in [0.2, 0.25) is 11.8 Å². The van der Waals surface area contributed by atoms with E-state index in [9.17, 15) is 18.4 Å². The first kappa shape index (κ1) is 23.1. The summed E-state index contributed by atoms with van der Waals surface area (Å²) in [6, 6.07) is 20.3. The first-order chi connectivity index (χ1) is 15.5. The largest absolute Gasteiger partial charge is 0.355 e. The summed E-state index contributed by atoms with van der Waals surface area (Å²) in [5.41, 5.74) is 2.28. The van der Waals surface area contributed by atoms with E-state index in [1.807, 2.05) is 37.3 Å². The van der Waals surface area contributed by atoms with Crippen LogP contribution < -0.4 is 5.32 Å². The summed E-state index contributed by atoms with van der Waals surface area (Å²) in [5.74, 6) is -1.28. The lowest BCUT2D eigenvalue weighted by Gasteiger charge is -2.31. The smallest absolute Gasteiger partial charge is 0.243 e. The Morgan fingerprint density at radius 1 is 0.812 bits per heavy atom. The number of rotatable bonds is 9. The third-order valence-corrected chi connectivity index (χ3v) is 5.16. The Morgan fingerprint density at radius 2 is 1.38 bits per heavy atom. The Morgan fingerprint density at radius 3 is 1.94 bits per heavy atom. The summed E-state index contributed by atoms with van der Waals surface area (Å²) in [6.07, 6.45) is 0.356. The van der Waals surface area contributed by atoms with E-state index < -0.39 is 6.04 Å². The van der Waals surface area contributed by atoms with E-state index in [-0.39, 0.29) is 36.4 Å². The zero-order valence-electron chi connectivity index (χ0n) is 17.9. The van der Waals surface area contributed by atoms with Crippen LogP contribution in [0, 0.1) is 11.6 Å². The van der Waals surface area contributed by atoms with Gasteiger partial charge in [0.05, 0.1) is 6.42 Å². The first-order valence-corrected chi connectivity index (χ1v) is 10.6. The van der Waals surface area contributed by atoms with Crippen molar-refractivity contribution < 1.29 is 18.4 Å². The van der Waals surface area contributed by atoms with E-state index in [1.165, 1.54) is 29.2 Å². The van der Waals surface area contributed by atoms with Crippen LogP contribution in [0.1, 0.15) is 23.6 Å². The number of amides is 2. The third kappa shape index (κ3) is 6.48. The molecule has 3 rings (SSSR count). The first-order valence-electron chi connectivity index (χ1n) is 10.6. The molecule has 0 bridgehead atoms. The molecule has 0 heterocycles. The van der Waals surface area contributed by atoms with E-state index in [0.717, 1.165) is 5.56 Å². The molecular weight excluding hydrogens is 410 g/mol. The van der Waals surface area contributed by atoms with Crippen LogP contribution in [0.4, 0.5) is 8.78 Å². The van der Waals surface area contributed by atoms with Crippen LogP contribution in [-0.4, -0.2) is 29.3 Å². The van der Waals surface area contributed by atoms with Crippen LogP contribution in [0.3, 0.4) is 0 Å². The molecule has 1 atom stereocenters. The van der Waals surface area contributed by atoms with E-state index in [4.69, 9.17) is 0 Å². The van der Waals surface area contributed by atoms with Crippen LogP contribution in [0.25, 0.3) is 0 Å². The second kappa shape index (κ2) is 11.2. The molecule has 3 aromatic rings. The molecule has 0 unspecified atom stereocenters. The fraction of sp³-hybridized carbons (Fsp3) is 0.231. The molecule has 0 aliphatic carbocycles. The number of benzene rings is 3. The summed E-state index contributed by atoms with van der Waals surface area (Å²) in [7, 11) is 0. The highest BCUT2D eigenvalue weighted by atomic mass is 19.1. The highest BCUT2D eigenvalue weighted by Gasteiger charge is 2.30. The SMILES string of the molecule is CCNC(=O)[C@H](Cc1ccccc1)N(Cc1ccc(F)cc1)C(=O)Cc1ccc(F)cc1. The molecule has 0 radical (unpaired) electrons. The summed E-state index contributed by atoms with van der Waals surface area (Å²) in [6.45, 7) is 2.40. The Balaban J connectivity index is 1.93.